The van der Waals surface area contributed by atoms with Gasteiger partial charge in [-0.25, -0.2) is 4.98 Å². The first-order valence-corrected chi connectivity index (χ1v) is 9.30. The van der Waals surface area contributed by atoms with Crippen LogP contribution in [0.3, 0.4) is 0 Å². The highest BCUT2D eigenvalue weighted by atomic mass is 16.5. The quantitative estimate of drug-likeness (QED) is 0.449. The zero-order valence-electron chi connectivity index (χ0n) is 15.4. The molecule has 0 atom stereocenters. The average molecular weight is 375 g/mol. The lowest BCUT2D eigenvalue weighted by Gasteiger charge is -2.12. The van der Waals surface area contributed by atoms with E-state index in [2.05, 4.69) is 37.7 Å². The van der Waals surface area contributed by atoms with E-state index in [1.54, 1.807) is 0 Å². The van der Waals surface area contributed by atoms with Crippen molar-refractivity contribution in [2.24, 2.45) is 0 Å². The number of pyridine rings is 1. The summed E-state index contributed by atoms with van der Waals surface area (Å²) in [5.41, 5.74) is 1.85. The molecule has 4 rings (SSSR count). The molecule has 142 valence electrons. The van der Waals surface area contributed by atoms with Crippen LogP contribution in [-0.2, 0) is 13.0 Å². The van der Waals surface area contributed by atoms with Gasteiger partial charge in [-0.2, -0.15) is 5.21 Å². The van der Waals surface area contributed by atoms with Crippen molar-refractivity contribution in [2.45, 2.75) is 25.9 Å². The van der Waals surface area contributed by atoms with Crippen LogP contribution in [0.15, 0.2) is 60.7 Å². The minimum Gasteiger partial charge on any atom is -0.490 e. The monoisotopic (exact) mass is 375 g/mol. The molecule has 0 saturated carbocycles. The van der Waals surface area contributed by atoms with E-state index in [1.807, 2.05) is 48.5 Å². The molecule has 0 unspecified atom stereocenters. The van der Waals surface area contributed by atoms with Crippen molar-refractivity contribution in [3.8, 4) is 11.5 Å². The summed E-state index contributed by atoms with van der Waals surface area (Å²) in [5.74, 6) is 2.19. The number of nitrogens with zero attached hydrogens (tertiary/aromatic N) is 4. The number of para-hydroxylation sites is 3. The van der Waals surface area contributed by atoms with E-state index in [4.69, 9.17) is 9.47 Å². The normalized spacial score (nSPS) is 10.9. The summed E-state index contributed by atoms with van der Waals surface area (Å²) in [6, 6.07) is 19.8. The predicted octanol–water partition coefficient (Wildman–Crippen LogP) is 3.73. The SMILES string of the molecule is c1ccc(OCc2ccc3ccccc3n2)c(OCCCCc2nn[nH]n2)c1. The van der Waals surface area contributed by atoms with Crippen LogP contribution in [0.25, 0.3) is 10.9 Å². The Hall–Kier alpha value is -3.48. The van der Waals surface area contributed by atoms with Gasteiger partial charge in [-0.15, -0.1) is 10.2 Å². The molecule has 2 heterocycles. The fourth-order valence-electron chi connectivity index (χ4n) is 2.88. The highest BCUT2D eigenvalue weighted by molar-refractivity contribution is 5.78. The van der Waals surface area contributed by atoms with Gasteiger partial charge in [-0.1, -0.05) is 41.6 Å². The van der Waals surface area contributed by atoms with Crippen molar-refractivity contribution >= 4 is 10.9 Å². The lowest BCUT2D eigenvalue weighted by molar-refractivity contribution is 0.256. The Morgan fingerprint density at radius 1 is 0.821 bits per heavy atom. The number of hydrogen-bond acceptors (Lipinski definition) is 6. The molecule has 0 fully saturated rings. The Labute approximate surface area is 162 Å². The van der Waals surface area contributed by atoms with Crippen molar-refractivity contribution in [3.05, 3.63) is 72.2 Å². The molecule has 0 saturated heterocycles. The predicted molar refractivity (Wildman–Crippen MR) is 105 cm³/mol. The largest absolute Gasteiger partial charge is 0.490 e. The smallest absolute Gasteiger partial charge is 0.174 e. The third-order valence-electron chi connectivity index (χ3n) is 4.32. The van der Waals surface area contributed by atoms with Gasteiger partial charge in [0.15, 0.2) is 17.3 Å². The van der Waals surface area contributed by atoms with Crippen molar-refractivity contribution in [2.75, 3.05) is 6.61 Å². The van der Waals surface area contributed by atoms with Crippen molar-refractivity contribution in [3.63, 3.8) is 0 Å². The maximum Gasteiger partial charge on any atom is 0.174 e. The van der Waals surface area contributed by atoms with E-state index in [-0.39, 0.29) is 0 Å². The third-order valence-corrected chi connectivity index (χ3v) is 4.32. The Morgan fingerprint density at radius 2 is 1.64 bits per heavy atom. The Balaban J connectivity index is 1.30. The highest BCUT2D eigenvalue weighted by Gasteiger charge is 2.06. The second-order valence-electron chi connectivity index (χ2n) is 6.36. The molecular weight excluding hydrogens is 354 g/mol. The summed E-state index contributed by atoms with van der Waals surface area (Å²) in [6.07, 6.45) is 2.62. The molecule has 0 aliphatic rings. The second-order valence-corrected chi connectivity index (χ2v) is 6.36. The molecule has 1 N–H and O–H groups in total. The van der Waals surface area contributed by atoms with Crippen LogP contribution in [0.5, 0.6) is 11.5 Å². The topological polar surface area (TPSA) is 85.8 Å². The van der Waals surface area contributed by atoms with Gasteiger partial charge >= 0.3 is 0 Å². The number of ether oxygens (including phenoxy) is 2. The Bertz CT molecular complexity index is 1020. The second kappa shape index (κ2) is 8.94. The number of nitrogens with one attached hydrogen (secondary N) is 1. The van der Waals surface area contributed by atoms with Crippen molar-refractivity contribution < 1.29 is 9.47 Å². The van der Waals surface area contributed by atoms with Gasteiger partial charge < -0.3 is 9.47 Å². The zero-order chi connectivity index (χ0) is 19.0. The fourth-order valence-corrected chi connectivity index (χ4v) is 2.88. The maximum absolute atomic E-state index is 5.97. The molecule has 0 spiro atoms. The van der Waals surface area contributed by atoms with Crippen LogP contribution in [0.1, 0.15) is 24.4 Å². The summed E-state index contributed by atoms with van der Waals surface area (Å²) in [4.78, 5) is 4.65. The van der Waals surface area contributed by atoms with Crippen LogP contribution in [0.2, 0.25) is 0 Å². The van der Waals surface area contributed by atoms with E-state index < -0.39 is 0 Å². The number of unbranched alkanes of at least 4 members (excludes halogenated alkanes) is 1. The Kier molecular flexibility index (Phi) is 5.72. The molecule has 4 aromatic rings. The lowest BCUT2D eigenvalue weighted by atomic mass is 10.2. The molecule has 0 aliphatic heterocycles. The molecule has 2 aromatic heterocycles. The maximum atomic E-state index is 5.97. The van der Waals surface area contributed by atoms with Gasteiger partial charge in [0, 0.05) is 11.8 Å². The van der Waals surface area contributed by atoms with Gasteiger partial charge in [0.25, 0.3) is 0 Å². The van der Waals surface area contributed by atoms with E-state index in [1.165, 1.54) is 0 Å². The summed E-state index contributed by atoms with van der Waals surface area (Å²) < 4.78 is 11.9. The van der Waals surface area contributed by atoms with Crippen molar-refractivity contribution in [1.29, 1.82) is 0 Å². The number of aromatic amines is 1. The number of fused-ring (bicyclic) bond motifs is 1. The van der Waals surface area contributed by atoms with Crippen LogP contribution >= 0.6 is 0 Å². The number of aromatic nitrogens is 5. The van der Waals surface area contributed by atoms with Crippen LogP contribution in [0, 0.1) is 0 Å². The lowest BCUT2D eigenvalue weighted by Crippen LogP contribution is -2.03. The number of hydrogen-bond donors (Lipinski definition) is 1. The molecule has 0 radical (unpaired) electrons. The van der Waals surface area contributed by atoms with Crippen LogP contribution < -0.4 is 9.47 Å². The third kappa shape index (κ3) is 4.62. The first-order chi connectivity index (χ1) is 13.9. The first-order valence-electron chi connectivity index (χ1n) is 9.30. The molecular formula is C21H21N5O2. The van der Waals surface area contributed by atoms with Gasteiger partial charge in [-0.05, 0) is 37.1 Å². The minimum atomic E-state index is 0.392. The van der Waals surface area contributed by atoms with Gasteiger partial charge in [0.05, 0.1) is 17.8 Å². The first kappa shape index (κ1) is 17.9. The molecule has 0 bridgehead atoms. The van der Waals surface area contributed by atoms with E-state index in [0.717, 1.165) is 53.2 Å². The van der Waals surface area contributed by atoms with E-state index in [9.17, 15) is 0 Å². The van der Waals surface area contributed by atoms with E-state index in [0.29, 0.717) is 13.2 Å². The highest BCUT2D eigenvalue weighted by Crippen LogP contribution is 2.27. The number of rotatable bonds is 9. The van der Waals surface area contributed by atoms with Crippen molar-refractivity contribution in [1.82, 2.24) is 25.6 Å². The zero-order valence-corrected chi connectivity index (χ0v) is 15.4. The van der Waals surface area contributed by atoms with Gasteiger partial charge in [-0.3, -0.25) is 0 Å². The van der Waals surface area contributed by atoms with Crippen LogP contribution in [-0.4, -0.2) is 32.2 Å². The summed E-state index contributed by atoms with van der Waals surface area (Å²) >= 11 is 0. The molecule has 0 amide bonds. The number of H-pyrrole nitrogens is 1. The molecule has 7 nitrogen and oxygen atoms in total. The van der Waals surface area contributed by atoms with Crippen LogP contribution in [0.4, 0.5) is 0 Å². The average Bonchev–Trinajstić information content (AvgIpc) is 3.26. The van der Waals surface area contributed by atoms with Gasteiger partial charge in [0.2, 0.25) is 0 Å². The molecule has 2 aromatic carbocycles. The molecule has 7 heteroatoms. The minimum absolute atomic E-state index is 0.392. The summed E-state index contributed by atoms with van der Waals surface area (Å²) in [6.45, 7) is 0.996. The van der Waals surface area contributed by atoms with Gasteiger partial charge in [0.1, 0.15) is 6.61 Å². The number of tetrazole rings is 1. The molecule has 0 aliphatic carbocycles. The molecule has 28 heavy (non-hydrogen) atoms. The Morgan fingerprint density at radius 3 is 2.50 bits per heavy atom. The fraction of sp³-hybridized carbons (Fsp3) is 0.238. The summed E-state index contributed by atoms with van der Waals surface area (Å²) in [5, 5.41) is 15.0. The standard InChI is InChI=1S/C21H21N5O2/c1-2-8-18-16(7-1)12-13-17(22-18)15-28-20-10-4-3-9-19(20)27-14-6-5-11-21-23-25-26-24-21/h1-4,7-10,12-13H,5-6,11,14-15H2,(H,23,24,25,26). The number of benzene rings is 2. The summed E-state index contributed by atoms with van der Waals surface area (Å²) in [7, 11) is 0. The van der Waals surface area contributed by atoms with E-state index >= 15 is 0 Å². The number of aryl methyl sites for hydroxylation is 1.